The predicted molar refractivity (Wildman–Crippen MR) is 119 cm³/mol. The average Bonchev–Trinajstić information content (AvgIpc) is 3.31. The smallest absolute Gasteiger partial charge is 0.162 e. The van der Waals surface area contributed by atoms with Crippen molar-refractivity contribution in [3.05, 3.63) is 29.6 Å². The lowest BCUT2D eigenvalue weighted by molar-refractivity contribution is 0.503. The van der Waals surface area contributed by atoms with E-state index >= 15 is 0 Å². The second-order valence-corrected chi connectivity index (χ2v) is 8.47. The molecule has 7 nitrogen and oxygen atoms in total. The molecule has 0 spiro atoms. The summed E-state index contributed by atoms with van der Waals surface area (Å²) < 4.78 is 1.77. The molecular weight excluding hydrogens is 362 g/mol. The highest BCUT2D eigenvalue weighted by atomic mass is 15.3. The number of nitrogens with zero attached hydrogens (tertiary/aromatic N) is 5. The van der Waals surface area contributed by atoms with Crippen molar-refractivity contribution in [2.45, 2.75) is 64.8 Å². The Kier molecular flexibility index (Phi) is 5.85. The molecule has 29 heavy (non-hydrogen) atoms. The first kappa shape index (κ1) is 19.9. The van der Waals surface area contributed by atoms with Crippen LogP contribution in [0.4, 0.5) is 11.6 Å². The third-order valence-electron chi connectivity index (χ3n) is 6.35. The molecule has 2 aliphatic heterocycles. The van der Waals surface area contributed by atoms with E-state index < -0.39 is 0 Å². The molecule has 0 aromatic carbocycles. The van der Waals surface area contributed by atoms with Gasteiger partial charge in [0.05, 0.1) is 0 Å². The molecule has 0 bridgehead atoms. The lowest BCUT2D eigenvalue weighted by Gasteiger charge is -2.35. The molecular formula is C22H33N7. The van der Waals surface area contributed by atoms with Gasteiger partial charge in [-0.2, -0.15) is 0 Å². The molecule has 4 heterocycles. The van der Waals surface area contributed by atoms with Crippen molar-refractivity contribution in [2.24, 2.45) is 16.6 Å². The van der Waals surface area contributed by atoms with Gasteiger partial charge < -0.3 is 16.4 Å². The Labute approximate surface area is 172 Å². The van der Waals surface area contributed by atoms with Crippen LogP contribution in [-0.2, 0) is 0 Å². The molecule has 4 N–H and O–H groups in total. The molecule has 0 radical (unpaired) electrons. The molecule has 0 saturated carbocycles. The van der Waals surface area contributed by atoms with E-state index in [0.29, 0.717) is 17.8 Å². The zero-order valence-corrected chi connectivity index (χ0v) is 17.6. The van der Waals surface area contributed by atoms with Crippen LogP contribution in [0.25, 0.3) is 5.65 Å². The molecule has 1 fully saturated rings. The number of allylic oxidation sites excluding steroid dienone is 1. The summed E-state index contributed by atoms with van der Waals surface area (Å²) in [6.45, 7) is 6.00. The molecule has 2 aromatic rings. The lowest BCUT2D eigenvalue weighted by atomic mass is 9.83. The highest BCUT2D eigenvalue weighted by Gasteiger charge is 2.36. The van der Waals surface area contributed by atoms with E-state index in [1.165, 1.54) is 37.0 Å². The van der Waals surface area contributed by atoms with Gasteiger partial charge in [0.1, 0.15) is 5.82 Å². The van der Waals surface area contributed by atoms with Crippen LogP contribution in [0.5, 0.6) is 0 Å². The Morgan fingerprint density at radius 1 is 1.21 bits per heavy atom. The van der Waals surface area contributed by atoms with E-state index in [1.807, 2.05) is 13.1 Å². The Bertz CT molecular complexity index is 927. The standard InChI is InChI=1S/C22H33N7/c1-15-13-17(18(25-14-15)7-4-3-5-10-23)19-8-6-11-28(19)20-9-12-29-22(26-20)16(2)21(24)27-29/h9,12,14,17,19H,3-8,10-11,13,23H2,1-2H3,(H2,24,27). The number of aryl methyl sites for hydroxylation is 1. The van der Waals surface area contributed by atoms with Crippen molar-refractivity contribution in [3.63, 3.8) is 0 Å². The highest BCUT2D eigenvalue weighted by Crippen LogP contribution is 2.35. The van der Waals surface area contributed by atoms with Gasteiger partial charge in [0, 0.05) is 42.2 Å². The maximum atomic E-state index is 5.99. The number of hydrogen-bond donors (Lipinski definition) is 2. The number of aliphatic imine (C=N–C) groups is 1. The normalized spacial score (nSPS) is 22.2. The summed E-state index contributed by atoms with van der Waals surface area (Å²) in [6.07, 6.45) is 12.0. The monoisotopic (exact) mass is 395 g/mol. The van der Waals surface area contributed by atoms with Gasteiger partial charge in [-0.15, -0.1) is 5.10 Å². The number of unbranched alkanes of at least 4 members (excludes halogenated alkanes) is 2. The second-order valence-electron chi connectivity index (χ2n) is 8.47. The molecule has 156 valence electrons. The summed E-state index contributed by atoms with van der Waals surface area (Å²) in [7, 11) is 0. The van der Waals surface area contributed by atoms with Gasteiger partial charge >= 0.3 is 0 Å². The molecule has 0 amide bonds. The van der Waals surface area contributed by atoms with Crippen molar-refractivity contribution in [2.75, 3.05) is 23.7 Å². The van der Waals surface area contributed by atoms with Crippen LogP contribution < -0.4 is 16.4 Å². The first-order chi connectivity index (χ1) is 14.1. The second kappa shape index (κ2) is 8.53. The van der Waals surface area contributed by atoms with Gasteiger partial charge in [0.15, 0.2) is 11.5 Å². The zero-order valence-electron chi connectivity index (χ0n) is 17.6. The van der Waals surface area contributed by atoms with E-state index in [-0.39, 0.29) is 0 Å². The van der Waals surface area contributed by atoms with E-state index in [0.717, 1.165) is 49.4 Å². The Hall–Kier alpha value is -2.41. The fourth-order valence-corrected chi connectivity index (χ4v) is 4.74. The number of nitrogens with two attached hydrogens (primary N) is 2. The molecule has 2 aliphatic rings. The molecule has 2 unspecified atom stereocenters. The fourth-order valence-electron chi connectivity index (χ4n) is 4.74. The first-order valence-corrected chi connectivity index (χ1v) is 10.9. The van der Waals surface area contributed by atoms with Crippen molar-refractivity contribution < 1.29 is 0 Å². The van der Waals surface area contributed by atoms with E-state index in [9.17, 15) is 0 Å². The van der Waals surface area contributed by atoms with Crippen LogP contribution in [-0.4, -0.2) is 39.4 Å². The van der Waals surface area contributed by atoms with Crippen LogP contribution in [0.3, 0.4) is 0 Å². The highest BCUT2D eigenvalue weighted by molar-refractivity contribution is 5.89. The van der Waals surface area contributed by atoms with Gasteiger partial charge in [-0.05, 0) is 65.0 Å². The zero-order chi connectivity index (χ0) is 20.4. The molecule has 7 heteroatoms. The van der Waals surface area contributed by atoms with Crippen LogP contribution in [0.1, 0.15) is 57.4 Å². The number of hydrogen-bond acceptors (Lipinski definition) is 6. The van der Waals surface area contributed by atoms with Crippen molar-refractivity contribution >= 4 is 23.0 Å². The van der Waals surface area contributed by atoms with Crippen LogP contribution in [0.2, 0.25) is 0 Å². The minimum absolute atomic E-state index is 0.447. The molecule has 2 aromatic heterocycles. The maximum Gasteiger partial charge on any atom is 0.162 e. The Balaban J connectivity index is 1.57. The fraction of sp³-hybridized carbons (Fsp3) is 0.591. The van der Waals surface area contributed by atoms with Crippen LogP contribution >= 0.6 is 0 Å². The minimum Gasteiger partial charge on any atom is -0.382 e. The van der Waals surface area contributed by atoms with Crippen LogP contribution in [0.15, 0.2) is 29.0 Å². The van der Waals surface area contributed by atoms with Gasteiger partial charge in [-0.3, -0.25) is 4.99 Å². The number of fused-ring (bicyclic) bond motifs is 1. The van der Waals surface area contributed by atoms with Crippen LogP contribution in [0, 0.1) is 12.8 Å². The van der Waals surface area contributed by atoms with Gasteiger partial charge in [0.25, 0.3) is 0 Å². The largest absolute Gasteiger partial charge is 0.382 e. The lowest BCUT2D eigenvalue weighted by Crippen LogP contribution is -2.41. The third kappa shape index (κ3) is 4.01. The molecule has 4 rings (SSSR count). The van der Waals surface area contributed by atoms with Crippen molar-refractivity contribution in [1.29, 1.82) is 0 Å². The number of anilines is 2. The maximum absolute atomic E-state index is 5.99. The average molecular weight is 396 g/mol. The van der Waals surface area contributed by atoms with Crippen molar-refractivity contribution in [1.82, 2.24) is 14.6 Å². The van der Waals surface area contributed by atoms with E-state index in [2.05, 4.69) is 29.2 Å². The Morgan fingerprint density at radius 3 is 2.90 bits per heavy atom. The summed E-state index contributed by atoms with van der Waals surface area (Å²) in [6, 6.07) is 2.52. The number of nitrogen functional groups attached to an aromatic ring is 1. The summed E-state index contributed by atoms with van der Waals surface area (Å²) in [4.78, 5) is 12.3. The van der Waals surface area contributed by atoms with Gasteiger partial charge in [-0.25, -0.2) is 9.50 Å². The minimum atomic E-state index is 0.447. The van der Waals surface area contributed by atoms with Gasteiger partial charge in [-0.1, -0.05) is 12.0 Å². The molecule has 0 aliphatic carbocycles. The predicted octanol–water partition coefficient (Wildman–Crippen LogP) is 3.47. The number of aromatic nitrogens is 3. The summed E-state index contributed by atoms with van der Waals surface area (Å²) in [5.74, 6) is 2.04. The summed E-state index contributed by atoms with van der Waals surface area (Å²) in [5.41, 5.74) is 16.2. The SMILES string of the molecule is CC1=CN=C(CCCCCN)C(C2CCCN2c2ccn3nc(N)c(C)c3n2)C1. The topological polar surface area (TPSA) is 97.8 Å². The first-order valence-electron chi connectivity index (χ1n) is 10.9. The van der Waals surface area contributed by atoms with Crippen molar-refractivity contribution in [3.8, 4) is 0 Å². The number of rotatable bonds is 7. The van der Waals surface area contributed by atoms with E-state index in [1.54, 1.807) is 4.52 Å². The summed E-state index contributed by atoms with van der Waals surface area (Å²) in [5, 5.41) is 4.34. The quantitative estimate of drug-likeness (QED) is 0.700. The summed E-state index contributed by atoms with van der Waals surface area (Å²) >= 11 is 0. The Morgan fingerprint density at radius 2 is 2.07 bits per heavy atom. The van der Waals surface area contributed by atoms with Gasteiger partial charge in [0.2, 0.25) is 0 Å². The molecule has 2 atom stereocenters. The third-order valence-corrected chi connectivity index (χ3v) is 6.35. The molecule has 1 saturated heterocycles. The van der Waals surface area contributed by atoms with E-state index in [4.69, 9.17) is 21.4 Å².